The molecular weight excluding hydrogens is 386 g/mol. The molecule has 7 heteroatoms. The number of amides is 1. The number of nitriles is 1. The molecular formula is C22H19N3O3S. The van der Waals surface area contributed by atoms with Crippen molar-refractivity contribution in [1.29, 1.82) is 5.26 Å². The summed E-state index contributed by atoms with van der Waals surface area (Å²) in [5.41, 5.74) is 4.13. The minimum Gasteiger partial charge on any atom is -0.486 e. The van der Waals surface area contributed by atoms with Crippen molar-refractivity contribution in [3.8, 4) is 17.6 Å². The molecule has 1 aliphatic heterocycles. The van der Waals surface area contributed by atoms with E-state index in [2.05, 4.69) is 22.4 Å². The predicted octanol–water partition coefficient (Wildman–Crippen LogP) is 4.23. The fourth-order valence-corrected chi connectivity index (χ4v) is 4.03. The third-order valence-corrected chi connectivity index (χ3v) is 5.50. The van der Waals surface area contributed by atoms with Crippen LogP contribution in [0.3, 0.4) is 0 Å². The van der Waals surface area contributed by atoms with Crippen molar-refractivity contribution in [3.63, 3.8) is 0 Å². The molecule has 4 rings (SSSR count). The van der Waals surface area contributed by atoms with Gasteiger partial charge in [0.2, 0.25) is 5.91 Å². The number of rotatable bonds is 4. The highest BCUT2D eigenvalue weighted by Gasteiger charge is 2.14. The Hall–Kier alpha value is -3.24. The molecule has 0 unspecified atom stereocenters. The molecule has 1 aromatic heterocycles. The Morgan fingerprint density at radius 2 is 1.97 bits per heavy atom. The molecule has 2 heterocycles. The van der Waals surface area contributed by atoms with E-state index in [0.29, 0.717) is 41.0 Å². The van der Waals surface area contributed by atoms with Crippen LogP contribution in [-0.2, 0) is 4.79 Å². The lowest BCUT2D eigenvalue weighted by atomic mass is 10.1. The summed E-state index contributed by atoms with van der Waals surface area (Å²) in [4.78, 5) is 17.1. The second-order valence-electron chi connectivity index (χ2n) is 6.80. The van der Waals surface area contributed by atoms with Crippen molar-refractivity contribution < 1.29 is 14.3 Å². The number of nitrogens with zero attached hydrogens (tertiary/aromatic N) is 2. The molecule has 1 amide bonds. The molecule has 0 aliphatic carbocycles. The molecule has 29 heavy (non-hydrogen) atoms. The Kier molecular flexibility index (Phi) is 5.28. The van der Waals surface area contributed by atoms with E-state index in [9.17, 15) is 10.1 Å². The standard InChI is InChI=1S/C22H19N3O3S/c1-13-7-14(2)21-15(8-13)9-16(11-23)22(25-21)29-12-20(26)24-17-3-4-18-19(10-17)28-6-5-27-18/h3-4,7-10H,5-6,12H2,1-2H3,(H,24,26). The van der Waals surface area contributed by atoms with Crippen LogP contribution in [0.2, 0.25) is 0 Å². The van der Waals surface area contributed by atoms with E-state index >= 15 is 0 Å². The van der Waals surface area contributed by atoms with E-state index in [1.165, 1.54) is 11.8 Å². The van der Waals surface area contributed by atoms with Crippen LogP contribution in [0.5, 0.6) is 11.5 Å². The normalized spacial score (nSPS) is 12.4. The van der Waals surface area contributed by atoms with Gasteiger partial charge in [-0.2, -0.15) is 5.26 Å². The van der Waals surface area contributed by atoms with E-state index in [0.717, 1.165) is 22.0 Å². The lowest BCUT2D eigenvalue weighted by molar-refractivity contribution is -0.113. The first kappa shape index (κ1) is 19.1. The molecule has 0 radical (unpaired) electrons. The number of carbonyl (C=O) groups is 1. The number of ether oxygens (including phenoxy) is 2. The number of thioether (sulfide) groups is 1. The van der Waals surface area contributed by atoms with Crippen LogP contribution in [0, 0.1) is 25.2 Å². The first-order valence-electron chi connectivity index (χ1n) is 9.18. The molecule has 3 aromatic rings. The van der Waals surface area contributed by atoms with Gasteiger partial charge in [-0.25, -0.2) is 4.98 Å². The molecule has 0 fully saturated rings. The van der Waals surface area contributed by atoms with Crippen LogP contribution in [0.15, 0.2) is 41.4 Å². The summed E-state index contributed by atoms with van der Waals surface area (Å²) >= 11 is 1.25. The van der Waals surface area contributed by atoms with Gasteiger partial charge in [0, 0.05) is 17.1 Å². The second kappa shape index (κ2) is 8.02. The predicted molar refractivity (Wildman–Crippen MR) is 113 cm³/mol. The fourth-order valence-electron chi connectivity index (χ4n) is 3.28. The zero-order valence-corrected chi connectivity index (χ0v) is 16.9. The largest absolute Gasteiger partial charge is 0.486 e. The van der Waals surface area contributed by atoms with Gasteiger partial charge < -0.3 is 14.8 Å². The lowest BCUT2D eigenvalue weighted by Crippen LogP contribution is -2.17. The number of hydrogen-bond acceptors (Lipinski definition) is 6. The molecule has 0 spiro atoms. The summed E-state index contributed by atoms with van der Waals surface area (Å²) in [7, 11) is 0. The number of anilines is 1. The van der Waals surface area contributed by atoms with Gasteiger partial charge >= 0.3 is 0 Å². The molecule has 0 atom stereocenters. The summed E-state index contributed by atoms with van der Waals surface area (Å²) in [6.07, 6.45) is 0. The quantitative estimate of drug-likeness (QED) is 0.654. The number of aromatic nitrogens is 1. The van der Waals surface area contributed by atoms with Gasteiger partial charge in [-0.3, -0.25) is 4.79 Å². The summed E-state index contributed by atoms with van der Waals surface area (Å²) < 4.78 is 11.0. The van der Waals surface area contributed by atoms with Gasteiger partial charge in [-0.05, 0) is 43.7 Å². The Balaban J connectivity index is 1.49. The van der Waals surface area contributed by atoms with Crippen molar-refractivity contribution in [2.75, 3.05) is 24.3 Å². The maximum absolute atomic E-state index is 12.4. The smallest absolute Gasteiger partial charge is 0.234 e. The third-order valence-electron chi connectivity index (χ3n) is 4.50. The maximum Gasteiger partial charge on any atom is 0.234 e. The Bertz CT molecular complexity index is 1150. The van der Waals surface area contributed by atoms with Crippen LogP contribution < -0.4 is 14.8 Å². The Morgan fingerprint density at radius 1 is 1.17 bits per heavy atom. The van der Waals surface area contributed by atoms with Crippen LogP contribution in [0.1, 0.15) is 16.7 Å². The van der Waals surface area contributed by atoms with Gasteiger partial charge in [-0.15, -0.1) is 0 Å². The SMILES string of the molecule is Cc1cc(C)c2nc(SCC(=O)Nc3ccc4c(c3)OCCO4)c(C#N)cc2c1. The van der Waals surface area contributed by atoms with Gasteiger partial charge in [0.05, 0.1) is 16.8 Å². The van der Waals surface area contributed by atoms with E-state index in [1.54, 1.807) is 18.2 Å². The Labute approximate surface area is 172 Å². The average Bonchev–Trinajstić information content (AvgIpc) is 2.71. The van der Waals surface area contributed by atoms with Crippen LogP contribution in [0.25, 0.3) is 10.9 Å². The molecule has 146 valence electrons. The highest BCUT2D eigenvalue weighted by atomic mass is 32.2. The molecule has 0 saturated carbocycles. The van der Waals surface area contributed by atoms with Gasteiger partial charge in [-0.1, -0.05) is 23.4 Å². The summed E-state index contributed by atoms with van der Waals surface area (Å²) in [5.74, 6) is 1.26. The average molecular weight is 405 g/mol. The minimum atomic E-state index is -0.182. The fraction of sp³-hybridized carbons (Fsp3) is 0.227. The van der Waals surface area contributed by atoms with Crippen LogP contribution in [0.4, 0.5) is 5.69 Å². The first-order valence-corrected chi connectivity index (χ1v) is 10.2. The van der Waals surface area contributed by atoms with Crippen LogP contribution >= 0.6 is 11.8 Å². The number of carbonyl (C=O) groups excluding carboxylic acids is 1. The number of hydrogen-bond donors (Lipinski definition) is 1. The number of benzene rings is 2. The van der Waals surface area contributed by atoms with Crippen molar-refractivity contribution in [1.82, 2.24) is 4.98 Å². The summed E-state index contributed by atoms with van der Waals surface area (Å²) in [6, 6.07) is 13.4. The van der Waals surface area contributed by atoms with Crippen molar-refractivity contribution >= 4 is 34.3 Å². The third kappa shape index (κ3) is 4.13. The molecule has 0 bridgehead atoms. The van der Waals surface area contributed by atoms with Crippen molar-refractivity contribution in [3.05, 3.63) is 53.1 Å². The number of pyridine rings is 1. The lowest BCUT2D eigenvalue weighted by Gasteiger charge is -2.19. The van der Waals surface area contributed by atoms with E-state index in [-0.39, 0.29) is 11.7 Å². The van der Waals surface area contributed by atoms with E-state index in [4.69, 9.17) is 9.47 Å². The highest BCUT2D eigenvalue weighted by molar-refractivity contribution is 8.00. The van der Waals surface area contributed by atoms with Gasteiger partial charge in [0.15, 0.2) is 11.5 Å². The minimum absolute atomic E-state index is 0.145. The monoisotopic (exact) mass is 405 g/mol. The maximum atomic E-state index is 12.4. The summed E-state index contributed by atoms with van der Waals surface area (Å²) in [5, 5.41) is 13.8. The summed E-state index contributed by atoms with van der Waals surface area (Å²) in [6.45, 7) is 5.03. The molecule has 0 saturated heterocycles. The molecule has 2 aromatic carbocycles. The zero-order chi connectivity index (χ0) is 20.4. The van der Waals surface area contributed by atoms with Crippen LogP contribution in [-0.4, -0.2) is 29.9 Å². The van der Waals surface area contributed by atoms with Gasteiger partial charge in [0.1, 0.15) is 24.3 Å². The first-order chi connectivity index (χ1) is 14.0. The van der Waals surface area contributed by atoms with E-state index in [1.807, 2.05) is 26.0 Å². The molecule has 6 nitrogen and oxygen atoms in total. The molecule has 1 N–H and O–H groups in total. The van der Waals surface area contributed by atoms with Crippen molar-refractivity contribution in [2.24, 2.45) is 0 Å². The highest BCUT2D eigenvalue weighted by Crippen LogP contribution is 2.33. The zero-order valence-electron chi connectivity index (χ0n) is 16.1. The second-order valence-corrected chi connectivity index (χ2v) is 7.77. The number of nitrogens with one attached hydrogen (secondary N) is 1. The number of fused-ring (bicyclic) bond motifs is 2. The molecule has 1 aliphatic rings. The van der Waals surface area contributed by atoms with Gasteiger partial charge in [0.25, 0.3) is 0 Å². The Morgan fingerprint density at radius 3 is 2.76 bits per heavy atom. The topological polar surface area (TPSA) is 84.2 Å². The number of aryl methyl sites for hydroxylation is 2. The van der Waals surface area contributed by atoms with E-state index < -0.39 is 0 Å². The van der Waals surface area contributed by atoms with Crippen molar-refractivity contribution in [2.45, 2.75) is 18.9 Å².